The number of thioether (sulfide) groups is 1. The molecule has 0 aromatic carbocycles. The number of carboxylic acid groups (broad SMARTS) is 1. The number of carbonyl (C=O) groups is 2. The number of nitrogens with one attached hydrogen (secondary N) is 1. The molecule has 0 spiro atoms. The summed E-state index contributed by atoms with van der Waals surface area (Å²) in [7, 11) is 0. The molecule has 16 heavy (non-hydrogen) atoms. The van der Waals surface area contributed by atoms with Gasteiger partial charge in [0.05, 0.1) is 6.42 Å². The summed E-state index contributed by atoms with van der Waals surface area (Å²) in [5.74, 6) is 1.00. The minimum absolute atomic E-state index is 0.0390. The highest BCUT2D eigenvalue weighted by atomic mass is 32.2. The maximum Gasteiger partial charge on any atom is 0.317 e. The average molecular weight is 246 g/mol. The van der Waals surface area contributed by atoms with Crippen LogP contribution in [0.25, 0.3) is 0 Å². The highest BCUT2D eigenvalue weighted by Gasteiger charge is 2.24. The first kappa shape index (κ1) is 13.2. The van der Waals surface area contributed by atoms with Gasteiger partial charge in [-0.2, -0.15) is 11.8 Å². The molecule has 1 rings (SSSR count). The predicted octanol–water partition coefficient (Wildman–Crippen LogP) is 0.997. The summed E-state index contributed by atoms with van der Waals surface area (Å²) in [6.07, 6.45) is -0.0390. The van der Waals surface area contributed by atoms with E-state index in [2.05, 4.69) is 5.32 Å². The van der Waals surface area contributed by atoms with Crippen molar-refractivity contribution in [1.29, 1.82) is 0 Å². The van der Waals surface area contributed by atoms with Crippen molar-refractivity contribution in [3.63, 3.8) is 0 Å². The van der Waals surface area contributed by atoms with Crippen molar-refractivity contribution in [2.75, 3.05) is 18.1 Å². The zero-order chi connectivity index (χ0) is 12.1. The van der Waals surface area contributed by atoms with Crippen LogP contribution in [0.1, 0.15) is 20.3 Å². The van der Waals surface area contributed by atoms with Gasteiger partial charge < -0.3 is 15.3 Å². The van der Waals surface area contributed by atoms with Gasteiger partial charge in [-0.3, -0.25) is 4.79 Å². The first-order valence-electron chi connectivity index (χ1n) is 5.37. The highest BCUT2D eigenvalue weighted by molar-refractivity contribution is 7.99. The number of nitrogens with zero attached hydrogens (tertiary/aromatic N) is 1. The summed E-state index contributed by atoms with van der Waals surface area (Å²) in [5.41, 5.74) is 0. The topological polar surface area (TPSA) is 69.6 Å². The SMILES string of the molecule is CC(CC(=O)O)NC(=O)N1CCSCC1C. The third-order valence-corrected chi connectivity index (χ3v) is 3.67. The number of hydrogen-bond acceptors (Lipinski definition) is 3. The molecule has 1 aliphatic heterocycles. The van der Waals surface area contributed by atoms with E-state index in [4.69, 9.17) is 5.11 Å². The fourth-order valence-corrected chi connectivity index (χ4v) is 2.65. The Balaban J connectivity index is 2.41. The molecule has 5 nitrogen and oxygen atoms in total. The van der Waals surface area contributed by atoms with E-state index in [1.165, 1.54) is 0 Å². The van der Waals surface area contributed by atoms with Crippen molar-refractivity contribution in [2.24, 2.45) is 0 Å². The van der Waals surface area contributed by atoms with Crippen molar-refractivity contribution in [3.8, 4) is 0 Å². The van der Waals surface area contributed by atoms with Crippen molar-refractivity contribution in [3.05, 3.63) is 0 Å². The van der Waals surface area contributed by atoms with Crippen LogP contribution in [0.3, 0.4) is 0 Å². The van der Waals surface area contributed by atoms with Crippen LogP contribution in [-0.4, -0.2) is 52.1 Å². The van der Waals surface area contributed by atoms with E-state index in [0.717, 1.165) is 18.1 Å². The molecule has 0 aromatic heterocycles. The van der Waals surface area contributed by atoms with Gasteiger partial charge >= 0.3 is 12.0 Å². The first-order valence-corrected chi connectivity index (χ1v) is 6.53. The summed E-state index contributed by atoms with van der Waals surface area (Å²) in [6.45, 7) is 4.44. The van der Waals surface area contributed by atoms with Crippen LogP contribution in [0, 0.1) is 0 Å². The van der Waals surface area contributed by atoms with Crippen LogP contribution >= 0.6 is 11.8 Å². The number of carbonyl (C=O) groups excluding carboxylic acids is 1. The molecule has 0 aliphatic carbocycles. The van der Waals surface area contributed by atoms with E-state index in [1.54, 1.807) is 11.8 Å². The van der Waals surface area contributed by atoms with Gasteiger partial charge in [0.25, 0.3) is 0 Å². The van der Waals surface area contributed by atoms with Gasteiger partial charge in [-0.15, -0.1) is 0 Å². The minimum Gasteiger partial charge on any atom is -0.481 e. The molecule has 1 aliphatic rings. The summed E-state index contributed by atoms with van der Waals surface area (Å²) >= 11 is 1.84. The number of hydrogen-bond donors (Lipinski definition) is 2. The molecule has 1 saturated heterocycles. The van der Waals surface area contributed by atoms with Crippen LogP contribution < -0.4 is 5.32 Å². The Morgan fingerprint density at radius 1 is 1.62 bits per heavy atom. The van der Waals surface area contributed by atoms with Crippen molar-refractivity contribution < 1.29 is 14.7 Å². The van der Waals surface area contributed by atoms with E-state index in [0.29, 0.717) is 0 Å². The number of urea groups is 1. The fraction of sp³-hybridized carbons (Fsp3) is 0.800. The predicted molar refractivity (Wildman–Crippen MR) is 63.7 cm³/mol. The molecule has 2 N–H and O–H groups in total. The Labute approximate surface area is 99.6 Å². The lowest BCUT2D eigenvalue weighted by Gasteiger charge is -2.33. The summed E-state index contributed by atoms with van der Waals surface area (Å²) in [4.78, 5) is 24.0. The van der Waals surface area contributed by atoms with Crippen molar-refractivity contribution >= 4 is 23.8 Å². The number of carboxylic acids is 1. The summed E-state index contributed by atoms with van der Waals surface area (Å²) in [5, 5.41) is 11.3. The van der Waals surface area contributed by atoms with E-state index in [1.807, 2.05) is 18.7 Å². The van der Waals surface area contributed by atoms with E-state index in [9.17, 15) is 9.59 Å². The van der Waals surface area contributed by atoms with Crippen molar-refractivity contribution in [2.45, 2.75) is 32.4 Å². The Kier molecular flexibility index (Phi) is 4.92. The van der Waals surface area contributed by atoms with Crippen LogP contribution in [0.2, 0.25) is 0 Å². The molecule has 1 fully saturated rings. The van der Waals surface area contributed by atoms with E-state index in [-0.39, 0.29) is 24.5 Å². The Bertz CT molecular complexity index is 273. The Morgan fingerprint density at radius 3 is 2.88 bits per heavy atom. The monoisotopic (exact) mass is 246 g/mol. The third-order valence-electron chi connectivity index (χ3n) is 2.48. The third kappa shape index (κ3) is 3.92. The van der Waals surface area contributed by atoms with Crippen LogP contribution in [0.15, 0.2) is 0 Å². The molecule has 6 heteroatoms. The molecule has 2 atom stereocenters. The maximum atomic E-state index is 11.8. The normalized spacial score (nSPS) is 22.6. The van der Waals surface area contributed by atoms with Gasteiger partial charge in [0.1, 0.15) is 0 Å². The zero-order valence-corrected chi connectivity index (χ0v) is 10.4. The van der Waals surface area contributed by atoms with Gasteiger partial charge in [0.15, 0.2) is 0 Å². The van der Waals surface area contributed by atoms with Crippen molar-refractivity contribution in [1.82, 2.24) is 10.2 Å². The lowest BCUT2D eigenvalue weighted by Crippen LogP contribution is -2.51. The molecular formula is C10H18N2O3S. The molecule has 0 bridgehead atoms. The molecule has 0 aromatic rings. The lowest BCUT2D eigenvalue weighted by atomic mass is 10.2. The summed E-state index contributed by atoms with van der Waals surface area (Å²) < 4.78 is 0. The number of aliphatic carboxylic acids is 1. The molecule has 0 radical (unpaired) electrons. The second-order valence-corrected chi connectivity index (χ2v) is 5.22. The van der Waals surface area contributed by atoms with Crippen LogP contribution in [0.4, 0.5) is 4.79 Å². The zero-order valence-electron chi connectivity index (χ0n) is 9.60. The molecule has 1 heterocycles. The van der Waals surface area contributed by atoms with Crippen LogP contribution in [-0.2, 0) is 4.79 Å². The molecule has 0 saturated carbocycles. The molecule has 2 amide bonds. The van der Waals surface area contributed by atoms with Gasteiger partial charge in [-0.25, -0.2) is 4.79 Å². The first-order chi connectivity index (χ1) is 7.50. The lowest BCUT2D eigenvalue weighted by molar-refractivity contribution is -0.137. The average Bonchev–Trinajstić information content (AvgIpc) is 2.16. The van der Waals surface area contributed by atoms with Crippen LogP contribution in [0.5, 0.6) is 0 Å². The second kappa shape index (κ2) is 5.98. The molecular weight excluding hydrogens is 228 g/mol. The Morgan fingerprint density at radius 2 is 2.31 bits per heavy atom. The number of rotatable bonds is 3. The molecule has 92 valence electrons. The van der Waals surface area contributed by atoms with Gasteiger partial charge in [0, 0.05) is 30.1 Å². The quantitative estimate of drug-likeness (QED) is 0.779. The standard InChI is InChI=1S/C10H18N2O3S/c1-7(5-9(13)14)11-10(15)12-3-4-16-6-8(12)2/h7-8H,3-6H2,1-2H3,(H,11,15)(H,13,14). The number of amides is 2. The highest BCUT2D eigenvalue weighted by Crippen LogP contribution is 2.15. The van der Waals surface area contributed by atoms with Gasteiger partial charge in [0.2, 0.25) is 0 Å². The fourth-order valence-electron chi connectivity index (χ4n) is 1.64. The van der Waals surface area contributed by atoms with E-state index < -0.39 is 5.97 Å². The summed E-state index contributed by atoms with van der Waals surface area (Å²) in [6, 6.07) is -0.260. The largest absolute Gasteiger partial charge is 0.481 e. The minimum atomic E-state index is -0.893. The van der Waals surface area contributed by atoms with Gasteiger partial charge in [-0.1, -0.05) is 0 Å². The van der Waals surface area contributed by atoms with Gasteiger partial charge in [-0.05, 0) is 13.8 Å². The smallest absolute Gasteiger partial charge is 0.317 e. The Hall–Kier alpha value is -0.910. The molecule has 2 unspecified atom stereocenters. The maximum absolute atomic E-state index is 11.8. The second-order valence-electron chi connectivity index (χ2n) is 4.07. The van der Waals surface area contributed by atoms with E-state index >= 15 is 0 Å².